The molecule has 1 aromatic rings. The quantitative estimate of drug-likeness (QED) is 0.874. The van der Waals surface area contributed by atoms with Crippen LogP contribution in [0.15, 0.2) is 24.3 Å². The van der Waals surface area contributed by atoms with E-state index in [1.807, 2.05) is 7.05 Å². The summed E-state index contributed by atoms with van der Waals surface area (Å²) in [7, 11) is 2.04. The molecule has 2 rings (SSSR count). The smallest absolute Gasteiger partial charge is 0.119 e. The van der Waals surface area contributed by atoms with Gasteiger partial charge in [0.15, 0.2) is 0 Å². The average molecular weight is 300 g/mol. The van der Waals surface area contributed by atoms with Crippen molar-refractivity contribution in [2.24, 2.45) is 0 Å². The first-order valence-electron chi connectivity index (χ1n) is 6.99. The Morgan fingerprint density at radius 1 is 1.35 bits per heavy atom. The summed E-state index contributed by atoms with van der Waals surface area (Å²) >= 11 is 5.81. The average Bonchev–Trinajstić information content (AvgIpc) is 2.47. The minimum Gasteiger partial charge on any atom is -0.491 e. The van der Waals surface area contributed by atoms with E-state index in [2.05, 4.69) is 4.90 Å². The number of benzene rings is 1. The number of ether oxygens (including phenoxy) is 2. The van der Waals surface area contributed by atoms with E-state index < -0.39 is 6.10 Å². The molecule has 5 heteroatoms. The second kappa shape index (κ2) is 7.84. The Hall–Kier alpha value is -0.810. The van der Waals surface area contributed by atoms with Crippen molar-refractivity contribution >= 4 is 11.6 Å². The Morgan fingerprint density at radius 3 is 2.65 bits per heavy atom. The first-order chi connectivity index (χ1) is 9.65. The van der Waals surface area contributed by atoms with Crippen LogP contribution in [0.4, 0.5) is 0 Å². The zero-order valence-electron chi connectivity index (χ0n) is 11.8. The number of halogens is 1. The van der Waals surface area contributed by atoms with Crippen molar-refractivity contribution in [3.8, 4) is 5.75 Å². The van der Waals surface area contributed by atoms with Crippen LogP contribution < -0.4 is 4.74 Å². The second-order valence-electron chi connectivity index (χ2n) is 5.20. The van der Waals surface area contributed by atoms with Crippen LogP contribution in [0, 0.1) is 0 Å². The molecule has 20 heavy (non-hydrogen) atoms. The van der Waals surface area contributed by atoms with Crippen molar-refractivity contribution in [1.29, 1.82) is 0 Å². The molecule has 1 aliphatic heterocycles. The lowest BCUT2D eigenvalue weighted by Gasteiger charge is -2.32. The van der Waals surface area contributed by atoms with Crippen LogP contribution in [-0.2, 0) is 4.74 Å². The van der Waals surface area contributed by atoms with E-state index >= 15 is 0 Å². The van der Waals surface area contributed by atoms with Gasteiger partial charge in [0.05, 0.1) is 0 Å². The molecule has 0 radical (unpaired) electrons. The highest BCUT2D eigenvalue weighted by Crippen LogP contribution is 2.16. The topological polar surface area (TPSA) is 41.9 Å². The third kappa shape index (κ3) is 4.94. The molecule has 1 N–H and O–H groups in total. The van der Waals surface area contributed by atoms with Crippen molar-refractivity contribution in [2.75, 3.05) is 33.4 Å². The maximum Gasteiger partial charge on any atom is 0.119 e. The molecule has 0 saturated carbocycles. The van der Waals surface area contributed by atoms with E-state index in [0.717, 1.165) is 31.8 Å². The molecular formula is C15H22ClNO3. The fraction of sp³-hybridized carbons (Fsp3) is 0.600. The van der Waals surface area contributed by atoms with Gasteiger partial charge in [-0.15, -0.1) is 0 Å². The van der Waals surface area contributed by atoms with Crippen LogP contribution in [0.1, 0.15) is 12.8 Å². The van der Waals surface area contributed by atoms with Crippen molar-refractivity contribution < 1.29 is 14.6 Å². The molecule has 1 fully saturated rings. The predicted molar refractivity (Wildman–Crippen MR) is 79.4 cm³/mol. The fourth-order valence-corrected chi connectivity index (χ4v) is 2.51. The molecule has 1 aliphatic rings. The highest BCUT2D eigenvalue weighted by atomic mass is 35.5. The normalized spacial score (nSPS) is 18.2. The molecule has 0 amide bonds. The van der Waals surface area contributed by atoms with Crippen LogP contribution in [-0.4, -0.2) is 55.6 Å². The summed E-state index contributed by atoms with van der Waals surface area (Å²) < 4.78 is 10.9. The van der Waals surface area contributed by atoms with Crippen LogP contribution >= 0.6 is 11.6 Å². The monoisotopic (exact) mass is 299 g/mol. The zero-order chi connectivity index (χ0) is 14.4. The predicted octanol–water partition coefficient (Wildman–Crippen LogP) is 2.19. The summed E-state index contributed by atoms with van der Waals surface area (Å²) in [6, 6.07) is 7.65. The van der Waals surface area contributed by atoms with Gasteiger partial charge < -0.3 is 19.5 Å². The van der Waals surface area contributed by atoms with Crippen LogP contribution in [0.5, 0.6) is 5.75 Å². The molecule has 0 aliphatic carbocycles. The molecule has 112 valence electrons. The highest BCUT2D eigenvalue weighted by molar-refractivity contribution is 6.30. The van der Waals surface area contributed by atoms with Crippen LogP contribution in [0.25, 0.3) is 0 Å². The van der Waals surface area contributed by atoms with Crippen molar-refractivity contribution in [2.45, 2.75) is 25.0 Å². The summed E-state index contributed by atoms with van der Waals surface area (Å²) in [5.74, 6) is 0.724. The molecule has 0 aromatic heterocycles. The minimum atomic E-state index is -0.501. The molecular weight excluding hydrogens is 278 g/mol. The Bertz CT molecular complexity index is 393. The summed E-state index contributed by atoms with van der Waals surface area (Å²) in [5, 5.41) is 10.7. The van der Waals surface area contributed by atoms with E-state index in [9.17, 15) is 5.11 Å². The van der Waals surface area contributed by atoms with E-state index in [1.165, 1.54) is 0 Å². The largest absolute Gasteiger partial charge is 0.491 e. The second-order valence-corrected chi connectivity index (χ2v) is 5.64. The maximum atomic E-state index is 10.0. The lowest BCUT2D eigenvalue weighted by Crippen LogP contribution is -2.42. The third-order valence-electron chi connectivity index (χ3n) is 3.57. The molecule has 0 bridgehead atoms. The van der Waals surface area contributed by atoms with E-state index in [0.29, 0.717) is 17.6 Å². The Balaban J connectivity index is 1.71. The lowest BCUT2D eigenvalue weighted by molar-refractivity contribution is 0.0159. The first-order valence-corrected chi connectivity index (χ1v) is 7.37. The fourth-order valence-electron chi connectivity index (χ4n) is 2.38. The highest BCUT2D eigenvalue weighted by Gasteiger charge is 2.20. The molecule has 4 nitrogen and oxygen atoms in total. The van der Waals surface area contributed by atoms with Crippen molar-refractivity contribution in [1.82, 2.24) is 4.90 Å². The summed E-state index contributed by atoms with van der Waals surface area (Å²) in [4.78, 5) is 2.19. The standard InChI is InChI=1S/C15H22ClNO3/c1-17(13-6-8-19-9-7-13)10-14(18)11-20-15-4-2-12(16)3-5-15/h2-5,13-14,18H,6-11H2,1H3. The Morgan fingerprint density at radius 2 is 2.00 bits per heavy atom. The lowest BCUT2D eigenvalue weighted by atomic mass is 10.1. The molecule has 1 atom stereocenters. The van der Waals surface area contributed by atoms with Gasteiger partial charge >= 0.3 is 0 Å². The number of rotatable bonds is 6. The van der Waals surface area contributed by atoms with Crippen molar-refractivity contribution in [3.63, 3.8) is 0 Å². The molecule has 1 saturated heterocycles. The van der Waals surface area contributed by atoms with Crippen LogP contribution in [0.2, 0.25) is 5.02 Å². The van der Waals surface area contributed by atoms with Gasteiger partial charge in [-0.3, -0.25) is 0 Å². The Kier molecular flexibility index (Phi) is 6.10. The van der Waals surface area contributed by atoms with Gasteiger partial charge in [0.25, 0.3) is 0 Å². The van der Waals surface area contributed by atoms with Gasteiger partial charge in [0.1, 0.15) is 18.5 Å². The number of likely N-dealkylation sites (N-methyl/N-ethyl adjacent to an activating group) is 1. The first kappa shape index (κ1) is 15.6. The van der Waals surface area contributed by atoms with Gasteiger partial charge in [-0.25, -0.2) is 0 Å². The summed E-state index contributed by atoms with van der Waals surface area (Å²) in [6.07, 6.45) is 1.56. The summed E-state index contributed by atoms with van der Waals surface area (Å²) in [6.45, 7) is 2.52. The number of aliphatic hydroxyl groups excluding tert-OH is 1. The maximum absolute atomic E-state index is 10.0. The van der Waals surface area contributed by atoms with Gasteiger partial charge in [-0.05, 0) is 44.2 Å². The van der Waals surface area contributed by atoms with Gasteiger partial charge in [-0.2, -0.15) is 0 Å². The summed E-state index contributed by atoms with van der Waals surface area (Å²) in [5.41, 5.74) is 0. The molecule has 0 spiro atoms. The van der Waals surface area contributed by atoms with E-state index in [4.69, 9.17) is 21.1 Å². The number of hydrogen-bond acceptors (Lipinski definition) is 4. The molecule has 1 aromatic carbocycles. The van der Waals surface area contributed by atoms with Crippen molar-refractivity contribution in [3.05, 3.63) is 29.3 Å². The van der Waals surface area contributed by atoms with Crippen LogP contribution in [0.3, 0.4) is 0 Å². The third-order valence-corrected chi connectivity index (χ3v) is 3.82. The van der Waals surface area contributed by atoms with E-state index in [1.54, 1.807) is 24.3 Å². The molecule has 1 heterocycles. The zero-order valence-corrected chi connectivity index (χ0v) is 12.6. The number of nitrogens with zero attached hydrogens (tertiary/aromatic N) is 1. The number of aliphatic hydroxyl groups is 1. The molecule has 1 unspecified atom stereocenters. The van der Waals surface area contributed by atoms with Gasteiger partial charge in [-0.1, -0.05) is 11.6 Å². The Labute approximate surface area is 125 Å². The number of hydrogen-bond donors (Lipinski definition) is 1. The van der Waals surface area contributed by atoms with Gasteiger partial charge in [0.2, 0.25) is 0 Å². The minimum absolute atomic E-state index is 0.287. The SMILES string of the molecule is CN(CC(O)COc1ccc(Cl)cc1)C1CCOCC1. The van der Waals surface area contributed by atoms with Gasteiger partial charge in [0, 0.05) is 30.8 Å². The van der Waals surface area contributed by atoms with E-state index in [-0.39, 0.29) is 6.61 Å².